The highest BCUT2D eigenvalue weighted by Crippen LogP contribution is 2.08. The molecule has 0 spiro atoms. The lowest BCUT2D eigenvalue weighted by Crippen LogP contribution is -2.35. The van der Waals surface area contributed by atoms with Crippen LogP contribution in [0.4, 0.5) is 8.78 Å². The number of benzene rings is 1. The third-order valence-electron chi connectivity index (χ3n) is 2.26. The van der Waals surface area contributed by atoms with Gasteiger partial charge in [0.1, 0.15) is 11.6 Å². The zero-order chi connectivity index (χ0) is 13.4. The van der Waals surface area contributed by atoms with Gasteiger partial charge in [-0.15, -0.1) is 0 Å². The topological polar surface area (TPSA) is 33.3 Å². The molecule has 100 valence electrons. The van der Waals surface area contributed by atoms with Gasteiger partial charge in [0, 0.05) is 32.4 Å². The Morgan fingerprint density at radius 3 is 2.83 bits per heavy atom. The van der Waals surface area contributed by atoms with E-state index in [0.29, 0.717) is 18.3 Å². The molecule has 0 radical (unpaired) electrons. The molecule has 18 heavy (non-hydrogen) atoms. The fraction of sp³-hybridized carbons (Fsp3) is 0.417. The van der Waals surface area contributed by atoms with E-state index in [0.717, 1.165) is 24.6 Å². The van der Waals surface area contributed by atoms with Crippen molar-refractivity contribution >= 4 is 17.3 Å². The molecule has 3 nitrogen and oxygen atoms in total. The van der Waals surface area contributed by atoms with Gasteiger partial charge >= 0.3 is 0 Å². The van der Waals surface area contributed by atoms with Gasteiger partial charge in [0.15, 0.2) is 5.11 Å². The average Bonchev–Trinajstić information content (AvgIpc) is 2.36. The van der Waals surface area contributed by atoms with Gasteiger partial charge in [0.2, 0.25) is 0 Å². The van der Waals surface area contributed by atoms with Crippen molar-refractivity contribution in [3.05, 3.63) is 35.4 Å². The molecule has 6 heteroatoms. The predicted molar refractivity (Wildman–Crippen MR) is 70.3 cm³/mol. The molecule has 0 atom stereocenters. The maximum absolute atomic E-state index is 13.3. The van der Waals surface area contributed by atoms with Crippen LogP contribution in [0.3, 0.4) is 0 Å². The lowest BCUT2D eigenvalue weighted by atomic mass is 10.2. The fourth-order valence-corrected chi connectivity index (χ4v) is 1.51. The number of methoxy groups -OCH3 is 1. The van der Waals surface area contributed by atoms with Gasteiger partial charge in [-0.25, -0.2) is 8.78 Å². The summed E-state index contributed by atoms with van der Waals surface area (Å²) in [7, 11) is 1.63. The monoisotopic (exact) mass is 274 g/mol. The minimum atomic E-state index is -0.466. The van der Waals surface area contributed by atoms with Gasteiger partial charge in [0.25, 0.3) is 0 Å². The molecule has 0 unspecified atom stereocenters. The molecule has 0 saturated carbocycles. The van der Waals surface area contributed by atoms with E-state index in [9.17, 15) is 8.78 Å². The molecule has 0 bridgehead atoms. The van der Waals surface area contributed by atoms with E-state index in [1.807, 2.05) is 0 Å². The zero-order valence-electron chi connectivity index (χ0n) is 10.1. The lowest BCUT2D eigenvalue weighted by molar-refractivity contribution is 0.195. The fourth-order valence-electron chi connectivity index (χ4n) is 1.34. The van der Waals surface area contributed by atoms with Crippen LogP contribution in [0.5, 0.6) is 0 Å². The maximum Gasteiger partial charge on any atom is 0.166 e. The summed E-state index contributed by atoms with van der Waals surface area (Å²) < 4.78 is 31.1. The molecule has 0 fully saturated rings. The molecule has 2 N–H and O–H groups in total. The summed E-state index contributed by atoms with van der Waals surface area (Å²) in [5, 5.41) is 6.17. The Bertz CT molecular complexity index is 402. The summed E-state index contributed by atoms with van der Waals surface area (Å²) in [5.74, 6) is -0.918. The normalized spacial score (nSPS) is 10.2. The van der Waals surface area contributed by atoms with E-state index in [2.05, 4.69) is 10.6 Å². The molecule has 0 amide bonds. The second-order valence-corrected chi connectivity index (χ2v) is 4.10. The number of nitrogens with one attached hydrogen (secondary N) is 2. The quantitative estimate of drug-likeness (QED) is 0.614. The number of hydrogen-bond donors (Lipinski definition) is 2. The van der Waals surface area contributed by atoms with E-state index >= 15 is 0 Å². The molecule has 0 aliphatic rings. The van der Waals surface area contributed by atoms with Crippen molar-refractivity contribution in [2.24, 2.45) is 0 Å². The van der Waals surface area contributed by atoms with E-state index < -0.39 is 11.6 Å². The Hall–Kier alpha value is -1.27. The summed E-state index contributed by atoms with van der Waals surface area (Å²) in [6.07, 6.45) is 0.826. The van der Waals surface area contributed by atoms with Crippen LogP contribution in [0, 0.1) is 11.6 Å². The van der Waals surface area contributed by atoms with Gasteiger partial charge in [-0.1, -0.05) is 0 Å². The van der Waals surface area contributed by atoms with Crippen LogP contribution in [0.15, 0.2) is 18.2 Å². The van der Waals surface area contributed by atoms with Crippen molar-refractivity contribution < 1.29 is 13.5 Å². The van der Waals surface area contributed by atoms with Crippen molar-refractivity contribution in [3.63, 3.8) is 0 Å². The molecule has 0 saturated heterocycles. The van der Waals surface area contributed by atoms with Crippen molar-refractivity contribution in [3.8, 4) is 0 Å². The SMILES string of the molecule is COCCCNC(=S)NCc1cc(F)ccc1F. The molecule has 1 rings (SSSR count). The van der Waals surface area contributed by atoms with Gasteiger partial charge in [-0.05, 0) is 36.8 Å². The highest BCUT2D eigenvalue weighted by molar-refractivity contribution is 7.80. The Balaban J connectivity index is 2.31. The highest BCUT2D eigenvalue weighted by atomic mass is 32.1. The van der Waals surface area contributed by atoms with Crippen LogP contribution in [-0.2, 0) is 11.3 Å². The first kappa shape index (κ1) is 14.8. The van der Waals surface area contributed by atoms with Crippen molar-refractivity contribution in [2.75, 3.05) is 20.3 Å². The molecule has 0 aliphatic carbocycles. The number of ether oxygens (including phenoxy) is 1. The molecule has 1 aromatic carbocycles. The Morgan fingerprint density at radius 2 is 2.11 bits per heavy atom. The van der Waals surface area contributed by atoms with E-state index in [4.69, 9.17) is 17.0 Å². The van der Waals surface area contributed by atoms with E-state index in [1.165, 1.54) is 0 Å². The minimum Gasteiger partial charge on any atom is -0.385 e. The summed E-state index contributed by atoms with van der Waals surface area (Å²) in [4.78, 5) is 0. The summed E-state index contributed by atoms with van der Waals surface area (Å²) in [6.45, 7) is 1.47. The van der Waals surface area contributed by atoms with Crippen LogP contribution >= 0.6 is 12.2 Å². The smallest absolute Gasteiger partial charge is 0.166 e. The zero-order valence-corrected chi connectivity index (χ0v) is 10.9. The Labute approximate surface area is 111 Å². The van der Waals surface area contributed by atoms with Crippen LogP contribution in [-0.4, -0.2) is 25.4 Å². The molecule has 0 aliphatic heterocycles. The molecule has 1 aromatic rings. The van der Waals surface area contributed by atoms with E-state index in [1.54, 1.807) is 7.11 Å². The second kappa shape index (κ2) is 7.94. The van der Waals surface area contributed by atoms with Crippen LogP contribution in [0.2, 0.25) is 0 Å². The van der Waals surface area contributed by atoms with Crippen LogP contribution in [0.1, 0.15) is 12.0 Å². The van der Waals surface area contributed by atoms with E-state index in [-0.39, 0.29) is 12.1 Å². The first-order chi connectivity index (χ1) is 8.63. The van der Waals surface area contributed by atoms with Crippen molar-refractivity contribution in [2.45, 2.75) is 13.0 Å². The molecule has 0 aromatic heterocycles. The third-order valence-corrected chi connectivity index (χ3v) is 2.55. The highest BCUT2D eigenvalue weighted by Gasteiger charge is 2.04. The minimum absolute atomic E-state index is 0.152. The number of halogens is 2. The summed E-state index contributed by atoms with van der Waals surface area (Å²) in [6, 6.07) is 3.33. The molecule has 0 heterocycles. The maximum atomic E-state index is 13.3. The van der Waals surface area contributed by atoms with Crippen LogP contribution in [0.25, 0.3) is 0 Å². The second-order valence-electron chi connectivity index (χ2n) is 3.69. The summed E-state index contributed by atoms with van der Waals surface area (Å²) in [5.41, 5.74) is 0.246. The lowest BCUT2D eigenvalue weighted by Gasteiger charge is -2.10. The molecular formula is C12H16F2N2OS. The molecular weight excluding hydrogens is 258 g/mol. The largest absolute Gasteiger partial charge is 0.385 e. The number of rotatable bonds is 6. The number of thiocarbonyl (C=S) groups is 1. The Morgan fingerprint density at radius 1 is 1.33 bits per heavy atom. The van der Waals surface area contributed by atoms with Gasteiger partial charge < -0.3 is 15.4 Å². The Kier molecular flexibility index (Phi) is 6.53. The summed E-state index contributed by atoms with van der Waals surface area (Å²) >= 11 is 5.00. The number of hydrogen-bond acceptors (Lipinski definition) is 2. The first-order valence-corrected chi connectivity index (χ1v) is 5.99. The standard InChI is InChI=1S/C12H16F2N2OS/c1-17-6-2-5-15-12(18)16-8-9-7-10(13)3-4-11(9)14/h3-4,7H,2,5-6,8H2,1H3,(H2,15,16,18). The van der Waals surface area contributed by atoms with Gasteiger partial charge in [-0.3, -0.25) is 0 Å². The van der Waals surface area contributed by atoms with Gasteiger partial charge in [-0.2, -0.15) is 0 Å². The van der Waals surface area contributed by atoms with Crippen LogP contribution < -0.4 is 10.6 Å². The van der Waals surface area contributed by atoms with Gasteiger partial charge in [0.05, 0.1) is 0 Å². The van der Waals surface area contributed by atoms with Crippen molar-refractivity contribution in [1.82, 2.24) is 10.6 Å². The predicted octanol–water partition coefficient (Wildman–Crippen LogP) is 1.97. The first-order valence-electron chi connectivity index (χ1n) is 5.58. The third kappa shape index (κ3) is 5.37. The van der Waals surface area contributed by atoms with Crippen molar-refractivity contribution in [1.29, 1.82) is 0 Å². The average molecular weight is 274 g/mol.